The van der Waals surface area contributed by atoms with Crippen molar-refractivity contribution in [3.8, 4) is 11.5 Å². The number of carbonyl (C=O) groups is 2. The zero-order chi connectivity index (χ0) is 17.8. The maximum absolute atomic E-state index is 12.3. The van der Waals surface area contributed by atoms with E-state index < -0.39 is 12.1 Å². The van der Waals surface area contributed by atoms with Crippen LogP contribution in [0.25, 0.3) is 0 Å². The molecule has 0 radical (unpaired) electrons. The summed E-state index contributed by atoms with van der Waals surface area (Å²) in [7, 11) is 1.42. The van der Waals surface area contributed by atoms with Gasteiger partial charge in [0.15, 0.2) is 6.10 Å². The van der Waals surface area contributed by atoms with E-state index in [1.165, 1.54) is 13.2 Å². The molecule has 25 heavy (non-hydrogen) atoms. The average Bonchev–Trinajstić information content (AvgIpc) is 2.65. The van der Waals surface area contributed by atoms with Gasteiger partial charge in [0.1, 0.15) is 17.1 Å². The molecule has 3 rings (SSSR count). The Labute approximate surface area is 149 Å². The van der Waals surface area contributed by atoms with Crippen LogP contribution in [0.15, 0.2) is 47.4 Å². The molecule has 1 amide bonds. The fourth-order valence-corrected chi connectivity index (χ4v) is 3.47. The number of methoxy groups -OCH3 is 1. The van der Waals surface area contributed by atoms with Crippen LogP contribution in [-0.2, 0) is 11.3 Å². The maximum atomic E-state index is 12.3. The van der Waals surface area contributed by atoms with E-state index >= 15 is 0 Å². The quantitative estimate of drug-likeness (QED) is 0.853. The van der Waals surface area contributed by atoms with E-state index in [2.05, 4.69) is 5.32 Å². The lowest BCUT2D eigenvalue weighted by molar-refractivity contribution is -0.127. The van der Waals surface area contributed by atoms with Gasteiger partial charge in [-0.05, 0) is 29.8 Å². The van der Waals surface area contributed by atoms with Gasteiger partial charge in [-0.15, -0.1) is 11.8 Å². The third-order valence-corrected chi connectivity index (χ3v) is 4.88. The van der Waals surface area contributed by atoms with E-state index in [0.29, 0.717) is 17.1 Å². The van der Waals surface area contributed by atoms with Crippen molar-refractivity contribution in [2.75, 3.05) is 12.9 Å². The number of aromatic carboxylic acids is 1. The number of carbonyl (C=O) groups excluding carboxylic acids is 1. The molecule has 7 heteroatoms. The molecule has 0 saturated carbocycles. The van der Waals surface area contributed by atoms with E-state index in [-0.39, 0.29) is 23.8 Å². The summed E-state index contributed by atoms with van der Waals surface area (Å²) in [6.45, 7) is 0.218. The maximum Gasteiger partial charge on any atom is 0.339 e. The van der Waals surface area contributed by atoms with Crippen molar-refractivity contribution in [2.24, 2.45) is 0 Å². The summed E-state index contributed by atoms with van der Waals surface area (Å²) in [5, 5.41) is 12.0. The minimum Gasteiger partial charge on any atom is -0.496 e. The molecule has 1 atom stereocenters. The molecular formula is C18H17NO5S. The molecule has 0 aromatic heterocycles. The van der Waals surface area contributed by atoms with E-state index in [0.717, 1.165) is 4.90 Å². The van der Waals surface area contributed by atoms with Crippen molar-refractivity contribution in [3.63, 3.8) is 0 Å². The normalized spacial score (nSPS) is 15.6. The van der Waals surface area contributed by atoms with Crippen LogP contribution in [0.4, 0.5) is 0 Å². The summed E-state index contributed by atoms with van der Waals surface area (Å²) < 4.78 is 10.8. The van der Waals surface area contributed by atoms with Crippen molar-refractivity contribution < 1.29 is 24.2 Å². The molecule has 1 aliphatic rings. The molecule has 2 aromatic carbocycles. The standard InChI is InChI=1S/C18H17NO5S/c1-23-13-7-6-11(8-12(13)18(21)22)9-19-17(20)15-10-25-16-5-3-2-4-14(16)24-15/h2-8,15H,9-10H2,1H3,(H,19,20)(H,21,22)/t15-/m0/s1. The average molecular weight is 359 g/mol. The highest BCUT2D eigenvalue weighted by atomic mass is 32.2. The van der Waals surface area contributed by atoms with E-state index in [1.54, 1.807) is 23.9 Å². The number of nitrogens with one attached hydrogen (secondary N) is 1. The zero-order valence-corrected chi connectivity index (χ0v) is 14.3. The predicted octanol–water partition coefficient (Wildman–Crippen LogP) is 2.56. The molecule has 130 valence electrons. The number of carboxylic acids is 1. The van der Waals surface area contributed by atoms with E-state index in [4.69, 9.17) is 9.47 Å². The number of thioether (sulfide) groups is 1. The minimum absolute atomic E-state index is 0.0626. The van der Waals surface area contributed by atoms with E-state index in [9.17, 15) is 14.7 Å². The van der Waals surface area contributed by atoms with Gasteiger partial charge in [-0.2, -0.15) is 0 Å². The van der Waals surface area contributed by atoms with Crippen LogP contribution in [0, 0.1) is 0 Å². The number of para-hydroxylation sites is 1. The minimum atomic E-state index is -1.08. The van der Waals surface area contributed by atoms with Gasteiger partial charge in [0, 0.05) is 17.2 Å². The summed E-state index contributed by atoms with van der Waals surface area (Å²) in [4.78, 5) is 24.6. The van der Waals surface area contributed by atoms with Gasteiger partial charge >= 0.3 is 5.97 Å². The molecule has 1 heterocycles. The van der Waals surface area contributed by atoms with Gasteiger partial charge in [-0.25, -0.2) is 4.79 Å². The van der Waals surface area contributed by atoms with Gasteiger partial charge in [0.05, 0.1) is 7.11 Å². The molecule has 0 fully saturated rings. The molecule has 2 N–H and O–H groups in total. The van der Waals surface area contributed by atoms with Crippen LogP contribution in [0.1, 0.15) is 15.9 Å². The van der Waals surface area contributed by atoms with Gasteiger partial charge in [-0.3, -0.25) is 4.79 Å². The van der Waals surface area contributed by atoms with Crippen LogP contribution < -0.4 is 14.8 Å². The third-order valence-electron chi connectivity index (χ3n) is 3.76. The number of amides is 1. The van der Waals surface area contributed by atoms with Gasteiger partial charge in [-0.1, -0.05) is 18.2 Å². The van der Waals surface area contributed by atoms with Crippen molar-refractivity contribution >= 4 is 23.6 Å². The van der Waals surface area contributed by atoms with Crippen molar-refractivity contribution in [2.45, 2.75) is 17.5 Å². The highest BCUT2D eigenvalue weighted by molar-refractivity contribution is 7.99. The lowest BCUT2D eigenvalue weighted by atomic mass is 10.1. The molecule has 0 aliphatic carbocycles. The summed E-state index contributed by atoms with van der Waals surface area (Å²) in [5.74, 6) is 0.220. The summed E-state index contributed by atoms with van der Waals surface area (Å²) in [6, 6.07) is 12.4. The zero-order valence-electron chi connectivity index (χ0n) is 13.5. The molecule has 6 nitrogen and oxygen atoms in total. The molecule has 0 spiro atoms. The predicted molar refractivity (Wildman–Crippen MR) is 93.4 cm³/mol. The lowest BCUT2D eigenvalue weighted by Crippen LogP contribution is -2.41. The summed E-state index contributed by atoms with van der Waals surface area (Å²) >= 11 is 1.58. The van der Waals surface area contributed by atoms with Crippen LogP contribution in [-0.4, -0.2) is 35.9 Å². The van der Waals surface area contributed by atoms with Gasteiger partial charge in [0.2, 0.25) is 0 Å². The van der Waals surface area contributed by atoms with Gasteiger partial charge in [0.25, 0.3) is 5.91 Å². The highest BCUT2D eigenvalue weighted by Crippen LogP contribution is 2.34. The number of benzene rings is 2. The fraction of sp³-hybridized carbons (Fsp3) is 0.222. The van der Waals surface area contributed by atoms with Gasteiger partial charge < -0.3 is 19.9 Å². The van der Waals surface area contributed by atoms with Crippen LogP contribution in [0.5, 0.6) is 11.5 Å². The topological polar surface area (TPSA) is 84.9 Å². The number of rotatable bonds is 5. The second-order valence-corrected chi connectivity index (χ2v) is 6.48. The van der Waals surface area contributed by atoms with Crippen LogP contribution in [0.3, 0.4) is 0 Å². The Morgan fingerprint density at radius 3 is 2.88 bits per heavy atom. The van der Waals surface area contributed by atoms with Crippen molar-refractivity contribution in [1.82, 2.24) is 5.32 Å². The molecular weight excluding hydrogens is 342 g/mol. The Morgan fingerprint density at radius 2 is 2.12 bits per heavy atom. The Bertz CT molecular complexity index is 808. The first-order valence-corrected chi connectivity index (χ1v) is 8.63. The number of hydrogen-bond donors (Lipinski definition) is 2. The summed E-state index contributed by atoms with van der Waals surface area (Å²) in [6.07, 6.45) is -0.572. The van der Waals surface area contributed by atoms with Crippen molar-refractivity contribution in [1.29, 1.82) is 0 Å². The number of carboxylic acid groups (broad SMARTS) is 1. The molecule has 0 bridgehead atoms. The largest absolute Gasteiger partial charge is 0.496 e. The lowest BCUT2D eigenvalue weighted by Gasteiger charge is -2.24. The fourth-order valence-electron chi connectivity index (χ4n) is 2.48. The first-order chi connectivity index (χ1) is 12.1. The highest BCUT2D eigenvalue weighted by Gasteiger charge is 2.26. The molecule has 0 saturated heterocycles. The first kappa shape index (κ1) is 17.2. The second kappa shape index (κ2) is 7.48. The number of ether oxygens (including phenoxy) is 2. The molecule has 2 aromatic rings. The number of fused-ring (bicyclic) bond motifs is 1. The molecule has 0 unspecified atom stereocenters. The third kappa shape index (κ3) is 3.88. The second-order valence-electron chi connectivity index (χ2n) is 5.42. The van der Waals surface area contributed by atoms with Crippen LogP contribution >= 0.6 is 11.8 Å². The smallest absolute Gasteiger partial charge is 0.339 e. The van der Waals surface area contributed by atoms with Crippen molar-refractivity contribution in [3.05, 3.63) is 53.6 Å². The first-order valence-electron chi connectivity index (χ1n) is 7.65. The van der Waals surface area contributed by atoms with E-state index in [1.807, 2.05) is 24.3 Å². The SMILES string of the molecule is COc1ccc(CNC(=O)[C@@H]2CSc3ccccc3O2)cc1C(=O)O. The molecule has 1 aliphatic heterocycles. The number of hydrogen-bond acceptors (Lipinski definition) is 5. The monoisotopic (exact) mass is 359 g/mol. The Hall–Kier alpha value is -2.67. The Morgan fingerprint density at radius 1 is 1.32 bits per heavy atom. The Kier molecular flexibility index (Phi) is 5.14. The van der Waals surface area contributed by atoms with Crippen LogP contribution in [0.2, 0.25) is 0 Å². The Balaban J connectivity index is 1.63. The summed E-state index contributed by atoms with van der Waals surface area (Å²) in [5.41, 5.74) is 0.739.